The van der Waals surface area contributed by atoms with Crippen molar-refractivity contribution < 1.29 is 9.59 Å². The highest BCUT2D eigenvalue weighted by Gasteiger charge is 2.20. The molecule has 0 fully saturated rings. The van der Waals surface area contributed by atoms with Crippen LogP contribution in [0.15, 0.2) is 24.3 Å². The van der Waals surface area contributed by atoms with Crippen molar-refractivity contribution in [2.24, 2.45) is 5.92 Å². The molecule has 1 aromatic rings. The number of hydrogen-bond acceptors (Lipinski definition) is 3. The van der Waals surface area contributed by atoms with E-state index in [2.05, 4.69) is 16.0 Å². The second-order valence-electron chi connectivity index (χ2n) is 4.68. The van der Waals surface area contributed by atoms with Crippen LogP contribution in [0.5, 0.6) is 0 Å². The van der Waals surface area contributed by atoms with Crippen LogP contribution in [0.2, 0.25) is 0 Å². The summed E-state index contributed by atoms with van der Waals surface area (Å²) in [6.07, 6.45) is 0.673. The van der Waals surface area contributed by atoms with Gasteiger partial charge in [-0.05, 0) is 23.6 Å². The molecule has 0 spiro atoms. The third kappa shape index (κ3) is 4.62. The minimum absolute atomic E-state index is 0.0262. The lowest BCUT2D eigenvalue weighted by molar-refractivity contribution is -0.122. The smallest absolute Gasteiger partial charge is 0.242 e. The number of likely N-dealkylation sites (N-methyl/N-ethyl adjacent to an activating group) is 1. The molecule has 0 heterocycles. The molecule has 19 heavy (non-hydrogen) atoms. The maximum Gasteiger partial charge on any atom is 0.242 e. The molecular weight excluding hydrogens is 242 g/mol. The summed E-state index contributed by atoms with van der Waals surface area (Å²) in [7, 11) is 1.63. The van der Waals surface area contributed by atoms with Gasteiger partial charge in [0.2, 0.25) is 12.3 Å². The van der Waals surface area contributed by atoms with Crippen LogP contribution in [-0.4, -0.2) is 25.4 Å². The van der Waals surface area contributed by atoms with E-state index in [9.17, 15) is 9.59 Å². The molecule has 1 atom stereocenters. The van der Waals surface area contributed by atoms with Gasteiger partial charge in [-0.15, -0.1) is 0 Å². The number of amides is 2. The molecular formula is C14H21N3O2. The topological polar surface area (TPSA) is 70.2 Å². The van der Waals surface area contributed by atoms with Crippen molar-refractivity contribution in [3.8, 4) is 0 Å². The lowest BCUT2D eigenvalue weighted by Gasteiger charge is -2.22. The first-order chi connectivity index (χ1) is 9.08. The van der Waals surface area contributed by atoms with Crippen molar-refractivity contribution in [1.29, 1.82) is 0 Å². The zero-order chi connectivity index (χ0) is 14.3. The van der Waals surface area contributed by atoms with Crippen molar-refractivity contribution in [3.05, 3.63) is 29.8 Å². The zero-order valence-corrected chi connectivity index (χ0v) is 11.6. The van der Waals surface area contributed by atoms with E-state index in [0.717, 1.165) is 11.3 Å². The minimum atomic E-state index is -0.260. The molecule has 0 saturated heterocycles. The standard InChI is InChI=1S/C14H21N3O2/c1-10(2)13(14(19)15-3)17-12-6-4-11(5-7-12)8-16-9-18/h4-7,9-10,13,17H,8H2,1-3H3,(H,15,19)(H,16,18). The predicted octanol–water partition coefficient (Wildman–Crippen LogP) is 1.12. The maximum atomic E-state index is 11.7. The minimum Gasteiger partial charge on any atom is -0.373 e. The van der Waals surface area contributed by atoms with Crippen LogP contribution >= 0.6 is 0 Å². The van der Waals surface area contributed by atoms with Crippen LogP contribution in [0, 0.1) is 5.92 Å². The van der Waals surface area contributed by atoms with E-state index in [4.69, 9.17) is 0 Å². The highest BCUT2D eigenvalue weighted by Crippen LogP contribution is 2.14. The fourth-order valence-corrected chi connectivity index (χ4v) is 1.75. The molecule has 2 amide bonds. The van der Waals surface area contributed by atoms with Crippen LogP contribution in [-0.2, 0) is 16.1 Å². The van der Waals surface area contributed by atoms with Gasteiger partial charge in [0, 0.05) is 19.3 Å². The van der Waals surface area contributed by atoms with E-state index >= 15 is 0 Å². The summed E-state index contributed by atoms with van der Waals surface area (Å²) in [5, 5.41) is 8.47. The molecule has 1 aromatic carbocycles. The monoisotopic (exact) mass is 263 g/mol. The van der Waals surface area contributed by atoms with Crippen LogP contribution in [0.25, 0.3) is 0 Å². The van der Waals surface area contributed by atoms with Gasteiger partial charge in [-0.3, -0.25) is 9.59 Å². The second kappa shape index (κ2) is 7.41. The summed E-state index contributed by atoms with van der Waals surface area (Å²) in [5.74, 6) is 0.165. The largest absolute Gasteiger partial charge is 0.373 e. The third-order valence-electron chi connectivity index (χ3n) is 2.86. The van der Waals surface area contributed by atoms with Gasteiger partial charge >= 0.3 is 0 Å². The third-order valence-corrected chi connectivity index (χ3v) is 2.86. The number of benzene rings is 1. The number of rotatable bonds is 7. The number of carbonyl (C=O) groups is 2. The molecule has 0 bridgehead atoms. The fourth-order valence-electron chi connectivity index (χ4n) is 1.75. The van der Waals surface area contributed by atoms with Gasteiger partial charge in [0.15, 0.2) is 0 Å². The lowest BCUT2D eigenvalue weighted by Crippen LogP contribution is -2.41. The van der Waals surface area contributed by atoms with Gasteiger partial charge in [0.1, 0.15) is 6.04 Å². The Balaban J connectivity index is 2.69. The van der Waals surface area contributed by atoms with Gasteiger partial charge in [0.25, 0.3) is 0 Å². The molecule has 0 saturated carbocycles. The van der Waals surface area contributed by atoms with Crippen molar-refractivity contribution in [2.45, 2.75) is 26.4 Å². The van der Waals surface area contributed by atoms with Gasteiger partial charge in [-0.25, -0.2) is 0 Å². The van der Waals surface area contributed by atoms with E-state index in [1.807, 2.05) is 38.1 Å². The normalized spacial score (nSPS) is 11.8. The first kappa shape index (κ1) is 15.0. The molecule has 0 aliphatic rings. The van der Waals surface area contributed by atoms with Crippen LogP contribution in [0.3, 0.4) is 0 Å². The Morgan fingerprint density at radius 3 is 2.37 bits per heavy atom. The summed E-state index contributed by atoms with van der Waals surface area (Å²) in [5.41, 5.74) is 1.90. The van der Waals surface area contributed by atoms with Crippen LogP contribution < -0.4 is 16.0 Å². The van der Waals surface area contributed by atoms with E-state index in [0.29, 0.717) is 13.0 Å². The van der Waals surface area contributed by atoms with Gasteiger partial charge in [0.05, 0.1) is 0 Å². The molecule has 0 aliphatic carbocycles. The Morgan fingerprint density at radius 2 is 1.89 bits per heavy atom. The highest BCUT2D eigenvalue weighted by molar-refractivity contribution is 5.84. The quantitative estimate of drug-likeness (QED) is 0.646. The van der Waals surface area contributed by atoms with Gasteiger partial charge < -0.3 is 16.0 Å². The summed E-state index contributed by atoms with van der Waals surface area (Å²) in [6.45, 7) is 4.50. The number of anilines is 1. The first-order valence-corrected chi connectivity index (χ1v) is 6.32. The van der Waals surface area contributed by atoms with Crippen LogP contribution in [0.1, 0.15) is 19.4 Å². The Hall–Kier alpha value is -2.04. The molecule has 0 radical (unpaired) electrons. The van der Waals surface area contributed by atoms with Crippen molar-refractivity contribution in [1.82, 2.24) is 10.6 Å². The van der Waals surface area contributed by atoms with E-state index in [1.54, 1.807) is 7.05 Å². The van der Waals surface area contributed by atoms with Gasteiger partial charge in [-0.2, -0.15) is 0 Å². The second-order valence-corrected chi connectivity index (χ2v) is 4.68. The number of carbonyl (C=O) groups excluding carboxylic acids is 2. The summed E-state index contributed by atoms with van der Waals surface area (Å²) in [6, 6.07) is 7.38. The summed E-state index contributed by atoms with van der Waals surface area (Å²) >= 11 is 0. The van der Waals surface area contributed by atoms with Crippen LogP contribution in [0.4, 0.5) is 5.69 Å². The lowest BCUT2D eigenvalue weighted by atomic mass is 10.0. The van der Waals surface area contributed by atoms with Crippen molar-refractivity contribution in [2.75, 3.05) is 12.4 Å². The molecule has 5 nitrogen and oxygen atoms in total. The van der Waals surface area contributed by atoms with E-state index in [-0.39, 0.29) is 17.9 Å². The maximum absolute atomic E-state index is 11.7. The van der Waals surface area contributed by atoms with E-state index in [1.165, 1.54) is 0 Å². The Labute approximate surface area is 113 Å². The Morgan fingerprint density at radius 1 is 1.26 bits per heavy atom. The Bertz CT molecular complexity index is 415. The number of nitrogens with one attached hydrogen (secondary N) is 3. The zero-order valence-electron chi connectivity index (χ0n) is 11.6. The van der Waals surface area contributed by atoms with Gasteiger partial charge in [-0.1, -0.05) is 26.0 Å². The SMILES string of the molecule is CNC(=O)C(Nc1ccc(CNC=O)cc1)C(C)C. The summed E-state index contributed by atoms with van der Waals surface area (Å²) in [4.78, 5) is 21.9. The molecule has 1 rings (SSSR count). The first-order valence-electron chi connectivity index (χ1n) is 6.32. The molecule has 1 unspecified atom stereocenters. The molecule has 3 N–H and O–H groups in total. The Kier molecular flexibility index (Phi) is 5.85. The number of hydrogen-bond donors (Lipinski definition) is 3. The fraction of sp³-hybridized carbons (Fsp3) is 0.429. The summed E-state index contributed by atoms with van der Waals surface area (Å²) < 4.78 is 0. The van der Waals surface area contributed by atoms with Crippen molar-refractivity contribution in [3.63, 3.8) is 0 Å². The van der Waals surface area contributed by atoms with E-state index < -0.39 is 0 Å². The molecule has 0 aromatic heterocycles. The highest BCUT2D eigenvalue weighted by atomic mass is 16.2. The van der Waals surface area contributed by atoms with Crippen molar-refractivity contribution >= 4 is 18.0 Å². The average molecular weight is 263 g/mol. The molecule has 0 aliphatic heterocycles. The molecule has 104 valence electrons. The average Bonchev–Trinajstić information content (AvgIpc) is 2.42. The predicted molar refractivity (Wildman–Crippen MR) is 75.7 cm³/mol. The molecule has 5 heteroatoms.